The summed E-state index contributed by atoms with van der Waals surface area (Å²) in [5, 5.41) is 0. The van der Waals surface area contributed by atoms with Crippen LogP contribution in [-0.4, -0.2) is 17.1 Å². The highest BCUT2D eigenvalue weighted by Crippen LogP contribution is 2.42. The number of aromatic amines is 1. The van der Waals surface area contributed by atoms with Crippen molar-refractivity contribution in [1.29, 1.82) is 0 Å². The van der Waals surface area contributed by atoms with Gasteiger partial charge in [0, 0.05) is 13.2 Å². The Labute approximate surface area is 92.6 Å². The number of methoxy groups -OCH3 is 1. The smallest absolute Gasteiger partial charge is 0.251 e. The summed E-state index contributed by atoms with van der Waals surface area (Å²) in [4.78, 5) is 18.4. The number of aromatic nitrogens is 2. The third kappa shape index (κ3) is 1.79. The van der Waals surface area contributed by atoms with Gasteiger partial charge >= 0.3 is 0 Å². The minimum atomic E-state index is -0.388. The van der Waals surface area contributed by atoms with E-state index in [0.29, 0.717) is 11.5 Å². The molecule has 0 aromatic carbocycles. The fourth-order valence-corrected chi connectivity index (χ4v) is 1.96. The Balaban J connectivity index is 2.43. The van der Waals surface area contributed by atoms with Crippen molar-refractivity contribution in [3.63, 3.8) is 0 Å². The number of nitrogens with zero attached hydrogens (tertiary/aromatic N) is 1. The minimum absolute atomic E-state index is 0.168. The number of halogens is 1. The Hall–Kier alpha value is -0.870. The molecule has 15 heavy (non-hydrogen) atoms. The van der Waals surface area contributed by atoms with E-state index >= 15 is 0 Å². The van der Waals surface area contributed by atoms with E-state index < -0.39 is 0 Å². The predicted molar refractivity (Wildman–Crippen MR) is 57.0 cm³/mol. The number of rotatable bonds is 3. The highest BCUT2D eigenvalue weighted by molar-refractivity contribution is 6.16. The summed E-state index contributed by atoms with van der Waals surface area (Å²) in [6.07, 6.45) is 2.90. The van der Waals surface area contributed by atoms with E-state index in [9.17, 15) is 4.79 Å². The Bertz CT molecular complexity index is 407. The summed E-state index contributed by atoms with van der Waals surface area (Å²) in [6, 6.07) is 1.42. The van der Waals surface area contributed by atoms with Crippen molar-refractivity contribution in [2.45, 2.75) is 30.7 Å². The second-order valence-electron chi connectivity index (χ2n) is 3.77. The molecule has 1 aromatic rings. The van der Waals surface area contributed by atoms with Crippen LogP contribution in [-0.2, 0) is 16.2 Å². The van der Waals surface area contributed by atoms with Crippen LogP contribution in [0.25, 0.3) is 0 Å². The summed E-state index contributed by atoms with van der Waals surface area (Å²) in [5.74, 6) is 0.857. The average Bonchev–Trinajstić information content (AvgIpc) is 2.16. The maximum atomic E-state index is 11.4. The summed E-state index contributed by atoms with van der Waals surface area (Å²) < 4.78 is 5.44. The quantitative estimate of drug-likeness (QED) is 0.799. The maximum Gasteiger partial charge on any atom is 0.251 e. The molecule has 0 bridgehead atoms. The molecular weight excluding hydrogens is 216 g/mol. The summed E-state index contributed by atoms with van der Waals surface area (Å²) in [6.45, 7) is 0. The van der Waals surface area contributed by atoms with Crippen molar-refractivity contribution in [3.05, 3.63) is 27.9 Å². The fraction of sp³-hybridized carbons (Fsp3) is 0.600. The van der Waals surface area contributed by atoms with E-state index in [1.54, 1.807) is 7.11 Å². The van der Waals surface area contributed by atoms with Gasteiger partial charge in [0.2, 0.25) is 0 Å². The first-order valence-electron chi connectivity index (χ1n) is 4.92. The van der Waals surface area contributed by atoms with Crippen molar-refractivity contribution in [2.75, 3.05) is 7.11 Å². The predicted octanol–water partition coefficient (Wildman–Crippen LogP) is 1.53. The SMILES string of the molecule is COC1(c2nc(CCl)cc(=O)[nH]2)CCC1. The van der Waals surface area contributed by atoms with Crippen LogP contribution in [0.3, 0.4) is 0 Å². The topological polar surface area (TPSA) is 55.0 Å². The van der Waals surface area contributed by atoms with Crippen LogP contribution in [0.4, 0.5) is 0 Å². The molecule has 0 saturated heterocycles. The van der Waals surface area contributed by atoms with Crippen LogP contribution in [0.5, 0.6) is 0 Å². The van der Waals surface area contributed by atoms with Crippen LogP contribution in [0.2, 0.25) is 0 Å². The monoisotopic (exact) mass is 228 g/mol. The number of ether oxygens (including phenoxy) is 1. The molecule has 1 fully saturated rings. The van der Waals surface area contributed by atoms with Crippen LogP contribution < -0.4 is 5.56 Å². The summed E-state index contributed by atoms with van der Waals surface area (Å²) in [7, 11) is 1.65. The van der Waals surface area contributed by atoms with Gasteiger partial charge in [0.1, 0.15) is 11.4 Å². The van der Waals surface area contributed by atoms with E-state index in [-0.39, 0.29) is 17.0 Å². The van der Waals surface area contributed by atoms with Crippen molar-refractivity contribution < 1.29 is 4.74 Å². The molecular formula is C10H13ClN2O2. The lowest BCUT2D eigenvalue weighted by atomic mass is 9.79. The summed E-state index contributed by atoms with van der Waals surface area (Å²) >= 11 is 5.67. The fourth-order valence-electron chi connectivity index (χ4n) is 1.83. The molecule has 0 radical (unpaired) electrons. The molecule has 1 heterocycles. The van der Waals surface area contributed by atoms with Crippen LogP contribution in [0, 0.1) is 0 Å². The van der Waals surface area contributed by atoms with Crippen molar-refractivity contribution in [2.24, 2.45) is 0 Å². The van der Waals surface area contributed by atoms with Crippen LogP contribution in [0.1, 0.15) is 30.8 Å². The second-order valence-corrected chi connectivity index (χ2v) is 4.04. The molecule has 1 aliphatic rings. The van der Waals surface area contributed by atoms with E-state index in [4.69, 9.17) is 16.3 Å². The van der Waals surface area contributed by atoms with Crippen molar-refractivity contribution in [3.8, 4) is 0 Å². The lowest BCUT2D eigenvalue weighted by molar-refractivity contribution is -0.0849. The van der Waals surface area contributed by atoms with Gasteiger partial charge < -0.3 is 9.72 Å². The molecule has 0 spiro atoms. The van der Waals surface area contributed by atoms with Crippen molar-refractivity contribution >= 4 is 11.6 Å². The Kier molecular flexibility index (Phi) is 2.80. The van der Waals surface area contributed by atoms with Crippen molar-refractivity contribution in [1.82, 2.24) is 9.97 Å². The number of hydrogen-bond donors (Lipinski definition) is 1. The van der Waals surface area contributed by atoms with Gasteiger partial charge in [0.25, 0.3) is 5.56 Å². The number of H-pyrrole nitrogens is 1. The zero-order valence-corrected chi connectivity index (χ0v) is 9.30. The largest absolute Gasteiger partial charge is 0.370 e. The molecule has 0 aliphatic heterocycles. The Morgan fingerprint density at radius 3 is 2.87 bits per heavy atom. The van der Waals surface area contributed by atoms with Gasteiger partial charge in [0.15, 0.2) is 0 Å². The van der Waals surface area contributed by atoms with E-state index in [0.717, 1.165) is 19.3 Å². The van der Waals surface area contributed by atoms with Gasteiger partial charge in [-0.3, -0.25) is 4.79 Å². The maximum absolute atomic E-state index is 11.4. The molecule has 1 N–H and O–H groups in total. The highest BCUT2D eigenvalue weighted by Gasteiger charge is 2.41. The lowest BCUT2D eigenvalue weighted by Gasteiger charge is -2.39. The van der Waals surface area contributed by atoms with Gasteiger partial charge in [-0.05, 0) is 19.3 Å². The normalized spacial score (nSPS) is 18.5. The van der Waals surface area contributed by atoms with E-state index in [2.05, 4.69) is 9.97 Å². The zero-order valence-electron chi connectivity index (χ0n) is 8.55. The Morgan fingerprint density at radius 1 is 1.67 bits per heavy atom. The molecule has 0 atom stereocenters. The number of nitrogens with one attached hydrogen (secondary N) is 1. The average molecular weight is 229 g/mol. The zero-order chi connectivity index (χ0) is 10.9. The molecule has 0 amide bonds. The third-order valence-corrected chi connectivity index (χ3v) is 3.19. The summed E-state index contributed by atoms with van der Waals surface area (Å²) in [5.41, 5.74) is 0.0408. The second kappa shape index (κ2) is 3.94. The first-order valence-corrected chi connectivity index (χ1v) is 5.45. The molecule has 5 heteroatoms. The van der Waals surface area contributed by atoms with Gasteiger partial charge in [-0.25, -0.2) is 4.98 Å². The lowest BCUT2D eigenvalue weighted by Crippen LogP contribution is -2.39. The standard InChI is InChI=1S/C10H13ClN2O2/c1-15-10(3-2-4-10)9-12-7(6-11)5-8(14)13-9/h5H,2-4,6H2,1H3,(H,12,13,14). The molecule has 1 aliphatic carbocycles. The first kappa shape index (κ1) is 10.6. The number of alkyl halides is 1. The van der Waals surface area contributed by atoms with E-state index in [1.165, 1.54) is 6.07 Å². The Morgan fingerprint density at radius 2 is 2.40 bits per heavy atom. The number of hydrogen-bond acceptors (Lipinski definition) is 3. The molecule has 82 valence electrons. The first-order chi connectivity index (χ1) is 7.20. The molecule has 1 aromatic heterocycles. The van der Waals surface area contributed by atoms with Gasteiger partial charge in [-0.1, -0.05) is 0 Å². The molecule has 0 unspecified atom stereocenters. The van der Waals surface area contributed by atoms with Crippen LogP contribution >= 0.6 is 11.6 Å². The molecule has 1 saturated carbocycles. The van der Waals surface area contributed by atoms with Gasteiger partial charge in [0.05, 0.1) is 11.6 Å². The molecule has 2 rings (SSSR count). The van der Waals surface area contributed by atoms with E-state index in [1.807, 2.05) is 0 Å². The molecule has 4 nitrogen and oxygen atoms in total. The minimum Gasteiger partial charge on any atom is -0.370 e. The highest BCUT2D eigenvalue weighted by atomic mass is 35.5. The van der Waals surface area contributed by atoms with Gasteiger partial charge in [-0.2, -0.15) is 0 Å². The third-order valence-electron chi connectivity index (χ3n) is 2.92. The van der Waals surface area contributed by atoms with Crippen LogP contribution in [0.15, 0.2) is 10.9 Å². The van der Waals surface area contributed by atoms with Gasteiger partial charge in [-0.15, -0.1) is 11.6 Å².